The molecule has 1 aromatic rings. The Kier molecular flexibility index (Phi) is 3.03. The maximum atomic E-state index is 6.17. The zero-order valence-corrected chi connectivity index (χ0v) is 10.7. The summed E-state index contributed by atoms with van der Waals surface area (Å²) in [5.41, 5.74) is 9.77. The third-order valence-corrected chi connectivity index (χ3v) is 4.20. The van der Waals surface area contributed by atoms with Crippen molar-refractivity contribution in [2.45, 2.75) is 32.7 Å². The molecule has 0 aliphatic carbocycles. The Morgan fingerprint density at radius 2 is 2.20 bits per heavy atom. The molecule has 1 atom stereocenters. The molecular weight excluding hydrogens is 254 g/mol. The van der Waals surface area contributed by atoms with Crippen molar-refractivity contribution in [2.75, 3.05) is 6.61 Å². The molecule has 1 heterocycles. The van der Waals surface area contributed by atoms with E-state index in [0.29, 0.717) is 0 Å². The predicted octanol–water partition coefficient (Wildman–Crippen LogP) is 3.24. The summed E-state index contributed by atoms with van der Waals surface area (Å²) in [4.78, 5) is 0. The minimum absolute atomic E-state index is 0.111. The van der Waals surface area contributed by atoms with Crippen molar-refractivity contribution >= 4 is 15.9 Å². The van der Waals surface area contributed by atoms with Gasteiger partial charge in [0, 0.05) is 16.1 Å². The van der Waals surface area contributed by atoms with E-state index in [4.69, 9.17) is 10.5 Å². The molecule has 0 unspecified atom stereocenters. The molecule has 2 N–H and O–H groups in total. The molecule has 1 aliphatic rings. The zero-order valence-electron chi connectivity index (χ0n) is 9.14. The molecule has 0 spiro atoms. The lowest BCUT2D eigenvalue weighted by atomic mass is 9.96. The van der Waals surface area contributed by atoms with Crippen LogP contribution in [0.25, 0.3) is 0 Å². The predicted molar refractivity (Wildman–Crippen MR) is 65.3 cm³/mol. The summed E-state index contributed by atoms with van der Waals surface area (Å²) >= 11 is 3.60. The Morgan fingerprint density at radius 3 is 2.93 bits per heavy atom. The molecule has 1 aromatic carbocycles. The molecule has 82 valence electrons. The average Bonchev–Trinajstić information content (AvgIpc) is 2.37. The maximum absolute atomic E-state index is 6.17. The number of hydrogen-bond donors (Lipinski definition) is 1. The Morgan fingerprint density at radius 1 is 1.47 bits per heavy atom. The van der Waals surface area contributed by atoms with Gasteiger partial charge in [0.25, 0.3) is 0 Å². The lowest BCUT2D eigenvalue weighted by molar-refractivity contribution is 0.316. The van der Waals surface area contributed by atoms with Crippen LogP contribution in [0.4, 0.5) is 0 Å². The normalized spacial score (nSPS) is 20.4. The van der Waals surface area contributed by atoms with Crippen LogP contribution in [0.2, 0.25) is 0 Å². The van der Waals surface area contributed by atoms with Gasteiger partial charge < -0.3 is 10.5 Å². The van der Waals surface area contributed by atoms with E-state index in [2.05, 4.69) is 35.8 Å². The molecular formula is C12H16BrNO. The number of nitrogens with two attached hydrogens (primary N) is 1. The van der Waals surface area contributed by atoms with Gasteiger partial charge in [-0.1, -0.05) is 15.9 Å². The second-order valence-corrected chi connectivity index (χ2v) is 4.93. The number of rotatable bonds is 0. The van der Waals surface area contributed by atoms with Crippen LogP contribution in [0, 0.1) is 13.8 Å². The average molecular weight is 270 g/mol. The van der Waals surface area contributed by atoms with Crippen LogP contribution < -0.4 is 10.5 Å². The van der Waals surface area contributed by atoms with Gasteiger partial charge in [0.15, 0.2) is 0 Å². The third-order valence-electron chi connectivity index (χ3n) is 2.98. The summed E-state index contributed by atoms with van der Waals surface area (Å²) in [5, 5.41) is 0. The van der Waals surface area contributed by atoms with Gasteiger partial charge in [0.05, 0.1) is 6.61 Å². The topological polar surface area (TPSA) is 35.2 Å². The number of halogens is 1. The van der Waals surface area contributed by atoms with Crippen molar-refractivity contribution in [3.05, 3.63) is 27.2 Å². The van der Waals surface area contributed by atoms with Gasteiger partial charge >= 0.3 is 0 Å². The molecule has 0 radical (unpaired) electrons. The summed E-state index contributed by atoms with van der Waals surface area (Å²) in [6.07, 6.45) is 2.04. The number of fused-ring (bicyclic) bond motifs is 1. The minimum atomic E-state index is 0.111. The highest BCUT2D eigenvalue weighted by Crippen LogP contribution is 2.38. The van der Waals surface area contributed by atoms with Crippen LogP contribution in [0.3, 0.4) is 0 Å². The van der Waals surface area contributed by atoms with Gasteiger partial charge in [0.2, 0.25) is 0 Å². The van der Waals surface area contributed by atoms with E-state index in [1.54, 1.807) is 0 Å². The first kappa shape index (κ1) is 11.0. The molecule has 15 heavy (non-hydrogen) atoms. The monoisotopic (exact) mass is 269 g/mol. The van der Waals surface area contributed by atoms with Gasteiger partial charge in [-0.15, -0.1) is 0 Å². The van der Waals surface area contributed by atoms with Crippen molar-refractivity contribution in [2.24, 2.45) is 5.73 Å². The van der Waals surface area contributed by atoms with Crippen LogP contribution in [0.15, 0.2) is 10.5 Å². The highest BCUT2D eigenvalue weighted by atomic mass is 79.9. The summed E-state index contributed by atoms with van der Waals surface area (Å²) in [6.45, 7) is 4.96. The highest BCUT2D eigenvalue weighted by molar-refractivity contribution is 9.10. The Bertz CT molecular complexity index is 390. The van der Waals surface area contributed by atoms with Crippen molar-refractivity contribution in [1.29, 1.82) is 0 Å². The van der Waals surface area contributed by atoms with Crippen LogP contribution >= 0.6 is 15.9 Å². The number of hydrogen-bond acceptors (Lipinski definition) is 2. The highest BCUT2D eigenvalue weighted by Gasteiger charge is 2.20. The van der Waals surface area contributed by atoms with Crippen molar-refractivity contribution in [3.63, 3.8) is 0 Å². The first-order valence-electron chi connectivity index (χ1n) is 5.29. The maximum Gasteiger partial charge on any atom is 0.124 e. The largest absolute Gasteiger partial charge is 0.493 e. The van der Waals surface area contributed by atoms with Crippen molar-refractivity contribution < 1.29 is 4.74 Å². The van der Waals surface area contributed by atoms with Gasteiger partial charge in [-0.3, -0.25) is 0 Å². The second-order valence-electron chi connectivity index (χ2n) is 4.14. The van der Waals surface area contributed by atoms with E-state index in [-0.39, 0.29) is 6.04 Å². The molecule has 3 heteroatoms. The molecule has 0 bridgehead atoms. The molecule has 0 fully saturated rings. The fourth-order valence-corrected chi connectivity index (χ4v) is 2.47. The standard InChI is InChI=1S/C12H16BrNO/c1-7-6-10-11(8(2)12(7)13)9(14)4-3-5-15-10/h6,9H,3-5,14H2,1-2H3/t9-/m0/s1. The molecule has 0 amide bonds. The van der Waals surface area contributed by atoms with Gasteiger partial charge in [-0.25, -0.2) is 0 Å². The Labute approximate surface area is 98.9 Å². The van der Waals surface area contributed by atoms with E-state index >= 15 is 0 Å². The minimum Gasteiger partial charge on any atom is -0.493 e. The van der Waals surface area contributed by atoms with Gasteiger partial charge in [-0.05, 0) is 43.9 Å². The summed E-state index contributed by atoms with van der Waals surface area (Å²) in [5.74, 6) is 0.971. The van der Waals surface area contributed by atoms with E-state index in [9.17, 15) is 0 Å². The van der Waals surface area contributed by atoms with E-state index in [1.807, 2.05) is 0 Å². The molecule has 2 rings (SSSR count). The quantitative estimate of drug-likeness (QED) is 0.785. The first-order chi connectivity index (χ1) is 7.11. The summed E-state index contributed by atoms with van der Waals surface area (Å²) in [7, 11) is 0. The number of ether oxygens (including phenoxy) is 1. The second kappa shape index (κ2) is 4.14. The smallest absolute Gasteiger partial charge is 0.124 e. The van der Waals surface area contributed by atoms with Crippen molar-refractivity contribution in [3.8, 4) is 5.75 Å². The van der Waals surface area contributed by atoms with Crippen LogP contribution in [-0.4, -0.2) is 6.61 Å². The summed E-state index contributed by atoms with van der Waals surface area (Å²) < 4.78 is 6.89. The van der Waals surface area contributed by atoms with E-state index in [0.717, 1.165) is 29.7 Å². The molecule has 1 aliphatic heterocycles. The molecule has 0 saturated carbocycles. The third kappa shape index (κ3) is 1.91. The fourth-order valence-electron chi connectivity index (χ4n) is 2.15. The van der Waals surface area contributed by atoms with Crippen molar-refractivity contribution in [1.82, 2.24) is 0 Å². The van der Waals surface area contributed by atoms with Crippen LogP contribution in [0.5, 0.6) is 5.75 Å². The van der Waals surface area contributed by atoms with Gasteiger partial charge in [-0.2, -0.15) is 0 Å². The van der Waals surface area contributed by atoms with Crippen LogP contribution in [-0.2, 0) is 0 Å². The van der Waals surface area contributed by atoms with Crippen LogP contribution in [0.1, 0.15) is 35.6 Å². The Balaban J connectivity index is 2.61. The lowest BCUT2D eigenvalue weighted by Gasteiger charge is -2.17. The summed E-state index contributed by atoms with van der Waals surface area (Å²) in [6, 6.07) is 2.19. The lowest BCUT2D eigenvalue weighted by Crippen LogP contribution is -2.11. The fraction of sp³-hybridized carbons (Fsp3) is 0.500. The van der Waals surface area contributed by atoms with E-state index < -0.39 is 0 Å². The molecule has 0 saturated heterocycles. The molecule has 2 nitrogen and oxygen atoms in total. The molecule has 0 aromatic heterocycles. The number of benzene rings is 1. The Hall–Kier alpha value is -0.540. The first-order valence-corrected chi connectivity index (χ1v) is 6.08. The van der Waals surface area contributed by atoms with E-state index in [1.165, 1.54) is 16.7 Å². The van der Waals surface area contributed by atoms with Gasteiger partial charge in [0.1, 0.15) is 5.75 Å². The SMILES string of the molecule is Cc1cc2c(c(C)c1Br)[C@@H](N)CCCO2. The number of aryl methyl sites for hydroxylation is 1. The zero-order chi connectivity index (χ0) is 11.0.